The standard InChI is InChI=1S/C30H29Cl2N5O5S2/c1-14-15(2)43-29-24(14)25(34-22(13-23(38)42-30(4,5)6)27-36-35-16(3)37(27)29)17-7-9-19(10-8-17)33-28(39)18-11-20(31)26(44(40)41)21(32)12-18/h7-12,22H,13H2,1-6H3,(H,33,39)(H,40,41)/t22-/m0/s1. The number of benzene rings is 2. The van der Waals surface area contributed by atoms with Crippen molar-refractivity contribution in [3.8, 4) is 5.00 Å². The van der Waals surface area contributed by atoms with E-state index < -0.39 is 34.6 Å². The third kappa shape index (κ3) is 6.36. The molecule has 3 heterocycles. The number of fused-ring (bicyclic) bond motifs is 3. The van der Waals surface area contributed by atoms with Crippen LogP contribution < -0.4 is 5.32 Å². The molecule has 0 aliphatic carbocycles. The third-order valence-corrected chi connectivity index (χ3v) is 9.67. The third-order valence-electron chi connectivity index (χ3n) is 6.87. The fourth-order valence-corrected chi connectivity index (χ4v) is 7.39. The Morgan fingerprint density at radius 2 is 1.73 bits per heavy atom. The molecule has 0 fully saturated rings. The Kier molecular flexibility index (Phi) is 8.85. The van der Waals surface area contributed by atoms with Crippen molar-refractivity contribution < 1.29 is 23.1 Å². The van der Waals surface area contributed by atoms with Gasteiger partial charge in [-0.25, -0.2) is 4.21 Å². The van der Waals surface area contributed by atoms with Gasteiger partial charge in [-0.3, -0.25) is 19.1 Å². The molecular weight excluding hydrogens is 645 g/mol. The molecule has 14 heteroatoms. The number of carbonyl (C=O) groups excluding carboxylic acids is 2. The number of esters is 1. The Balaban J connectivity index is 1.51. The Morgan fingerprint density at radius 1 is 1.09 bits per heavy atom. The maximum absolute atomic E-state index is 13.0. The average Bonchev–Trinajstić information content (AvgIpc) is 3.39. The van der Waals surface area contributed by atoms with Crippen molar-refractivity contribution in [2.45, 2.75) is 64.5 Å². The zero-order chi connectivity index (χ0) is 32.1. The van der Waals surface area contributed by atoms with Gasteiger partial charge in [0.25, 0.3) is 5.91 Å². The molecule has 5 rings (SSSR count). The summed E-state index contributed by atoms with van der Waals surface area (Å²) in [6.07, 6.45) is -0.0200. The zero-order valence-corrected chi connectivity index (χ0v) is 27.8. The summed E-state index contributed by atoms with van der Waals surface area (Å²) in [5.74, 6) is 0.348. The molecule has 0 bridgehead atoms. The van der Waals surface area contributed by atoms with Gasteiger partial charge in [-0.2, -0.15) is 0 Å². The first-order valence-corrected chi connectivity index (χ1v) is 16.2. The van der Waals surface area contributed by atoms with E-state index in [0.717, 1.165) is 26.6 Å². The molecule has 10 nitrogen and oxygen atoms in total. The highest BCUT2D eigenvalue weighted by atomic mass is 35.5. The lowest BCUT2D eigenvalue weighted by Crippen LogP contribution is -2.25. The predicted molar refractivity (Wildman–Crippen MR) is 172 cm³/mol. The van der Waals surface area contributed by atoms with Gasteiger partial charge in [-0.15, -0.1) is 21.5 Å². The number of rotatable bonds is 6. The molecule has 0 saturated heterocycles. The molecule has 1 unspecified atom stereocenters. The second kappa shape index (κ2) is 12.2. The number of hydrogen-bond acceptors (Lipinski definition) is 8. The van der Waals surface area contributed by atoms with E-state index in [1.54, 1.807) is 23.5 Å². The highest BCUT2D eigenvalue weighted by molar-refractivity contribution is 7.79. The van der Waals surface area contributed by atoms with E-state index in [1.165, 1.54) is 12.1 Å². The Labute approximate surface area is 270 Å². The van der Waals surface area contributed by atoms with Gasteiger partial charge >= 0.3 is 5.97 Å². The summed E-state index contributed by atoms with van der Waals surface area (Å²) in [4.78, 5) is 32.0. The highest BCUT2D eigenvalue weighted by Gasteiger charge is 2.33. The van der Waals surface area contributed by atoms with E-state index in [0.29, 0.717) is 23.0 Å². The maximum atomic E-state index is 13.0. The van der Waals surface area contributed by atoms with Crippen molar-refractivity contribution in [2.75, 3.05) is 5.32 Å². The first-order chi connectivity index (χ1) is 20.6. The minimum atomic E-state index is -2.40. The maximum Gasteiger partial charge on any atom is 0.308 e. The summed E-state index contributed by atoms with van der Waals surface area (Å²) in [5.41, 5.74) is 3.40. The number of thiophene rings is 1. The molecule has 44 heavy (non-hydrogen) atoms. The van der Waals surface area contributed by atoms with Crippen LogP contribution in [0.15, 0.2) is 46.3 Å². The van der Waals surface area contributed by atoms with Gasteiger partial charge in [-0.1, -0.05) is 35.3 Å². The number of amides is 1. The smallest absolute Gasteiger partial charge is 0.308 e. The van der Waals surface area contributed by atoms with Crippen LogP contribution in [0.2, 0.25) is 10.0 Å². The topological polar surface area (TPSA) is 136 Å². The lowest BCUT2D eigenvalue weighted by molar-refractivity contribution is -0.155. The van der Waals surface area contributed by atoms with Crippen molar-refractivity contribution in [2.24, 2.45) is 4.99 Å². The molecule has 4 aromatic rings. The molecule has 0 radical (unpaired) electrons. The van der Waals surface area contributed by atoms with Crippen LogP contribution in [0.3, 0.4) is 0 Å². The molecule has 1 aliphatic rings. The number of nitrogens with one attached hydrogen (secondary N) is 1. The van der Waals surface area contributed by atoms with Crippen molar-refractivity contribution in [1.29, 1.82) is 0 Å². The van der Waals surface area contributed by atoms with Crippen LogP contribution in [0, 0.1) is 20.8 Å². The second-order valence-electron chi connectivity index (χ2n) is 11.2. The van der Waals surface area contributed by atoms with Crippen LogP contribution in [-0.4, -0.2) is 46.7 Å². The molecule has 0 spiro atoms. The summed E-state index contributed by atoms with van der Waals surface area (Å²) < 4.78 is 28.5. The lowest BCUT2D eigenvalue weighted by Gasteiger charge is -2.21. The fourth-order valence-electron chi connectivity index (χ4n) is 4.84. The van der Waals surface area contributed by atoms with E-state index in [2.05, 4.69) is 15.5 Å². The van der Waals surface area contributed by atoms with Crippen molar-refractivity contribution in [1.82, 2.24) is 14.8 Å². The average molecular weight is 675 g/mol. The van der Waals surface area contributed by atoms with E-state index in [1.807, 2.05) is 58.2 Å². The largest absolute Gasteiger partial charge is 0.460 e. The highest BCUT2D eigenvalue weighted by Crippen LogP contribution is 2.40. The minimum absolute atomic E-state index is 0.0200. The molecule has 2 aromatic carbocycles. The second-order valence-corrected chi connectivity index (χ2v) is 14.2. The van der Waals surface area contributed by atoms with Crippen LogP contribution in [0.1, 0.15) is 76.8 Å². The summed E-state index contributed by atoms with van der Waals surface area (Å²) >= 11 is 11.4. The molecular formula is C30H29Cl2N5O5S2. The van der Waals surface area contributed by atoms with Gasteiger partial charge in [-0.05, 0) is 71.4 Å². The number of hydrogen-bond donors (Lipinski definition) is 2. The van der Waals surface area contributed by atoms with Crippen molar-refractivity contribution in [3.63, 3.8) is 0 Å². The number of aromatic nitrogens is 3. The molecule has 2 aromatic heterocycles. The molecule has 230 valence electrons. The lowest BCUT2D eigenvalue weighted by atomic mass is 9.99. The SMILES string of the molecule is Cc1sc2c(c1C)C(c1ccc(NC(=O)c3cc(Cl)c(S(=O)O)c(Cl)c3)cc1)=N[C@@H](CC(=O)OC(C)(C)C)c1nnc(C)n1-2. The summed E-state index contributed by atoms with van der Waals surface area (Å²) in [7, 11) is 0. The van der Waals surface area contributed by atoms with Gasteiger partial charge in [0.05, 0.1) is 22.2 Å². The monoisotopic (exact) mass is 673 g/mol. The Bertz CT molecular complexity index is 1840. The quantitative estimate of drug-likeness (QED) is 0.166. The first-order valence-electron chi connectivity index (χ1n) is 13.5. The van der Waals surface area contributed by atoms with Crippen LogP contribution in [-0.2, 0) is 20.6 Å². The van der Waals surface area contributed by atoms with Gasteiger partial charge in [0.2, 0.25) is 0 Å². The van der Waals surface area contributed by atoms with E-state index in [9.17, 15) is 18.4 Å². The van der Waals surface area contributed by atoms with Crippen LogP contribution in [0.25, 0.3) is 5.00 Å². The van der Waals surface area contributed by atoms with Gasteiger partial charge in [0.1, 0.15) is 27.4 Å². The van der Waals surface area contributed by atoms with Gasteiger partial charge in [0.15, 0.2) is 16.9 Å². The van der Waals surface area contributed by atoms with E-state index in [-0.39, 0.29) is 26.9 Å². The van der Waals surface area contributed by atoms with Crippen LogP contribution in [0.5, 0.6) is 0 Å². The van der Waals surface area contributed by atoms with E-state index in [4.69, 9.17) is 32.9 Å². The minimum Gasteiger partial charge on any atom is -0.460 e. The summed E-state index contributed by atoms with van der Waals surface area (Å²) in [6, 6.07) is 9.08. The number of aliphatic imine (C=N–C) groups is 1. The Hall–Kier alpha value is -3.42. The summed E-state index contributed by atoms with van der Waals surface area (Å²) in [6.45, 7) is 11.4. The van der Waals surface area contributed by atoms with Crippen LogP contribution in [0.4, 0.5) is 5.69 Å². The molecule has 1 amide bonds. The summed E-state index contributed by atoms with van der Waals surface area (Å²) in [5, 5.41) is 12.3. The molecule has 1 aliphatic heterocycles. The first kappa shape index (κ1) is 32.0. The number of carbonyl (C=O) groups is 2. The number of ether oxygens (including phenoxy) is 1. The Morgan fingerprint density at radius 3 is 2.32 bits per heavy atom. The van der Waals surface area contributed by atoms with Crippen molar-refractivity contribution in [3.05, 3.63) is 85.2 Å². The number of aryl methyl sites for hydroxylation is 2. The zero-order valence-electron chi connectivity index (χ0n) is 24.7. The van der Waals surface area contributed by atoms with Gasteiger partial charge in [0, 0.05) is 27.3 Å². The predicted octanol–water partition coefficient (Wildman–Crippen LogP) is 7.02. The van der Waals surface area contributed by atoms with Crippen molar-refractivity contribution >= 4 is 68.9 Å². The number of halogens is 2. The molecule has 2 N–H and O–H groups in total. The molecule has 0 saturated carbocycles. The van der Waals surface area contributed by atoms with Gasteiger partial charge < -0.3 is 14.6 Å². The normalized spacial score (nSPS) is 15.1. The van der Waals surface area contributed by atoms with Crippen LogP contribution >= 0.6 is 34.5 Å². The molecule has 2 atom stereocenters. The fraction of sp³-hybridized carbons (Fsp3) is 0.300. The van der Waals surface area contributed by atoms with E-state index >= 15 is 0 Å². The number of anilines is 1. The number of nitrogens with zero attached hydrogens (tertiary/aromatic N) is 4.